The maximum Gasteiger partial charge on any atom is 0.228 e. The summed E-state index contributed by atoms with van der Waals surface area (Å²) < 4.78 is 25.1. The average Bonchev–Trinajstić information content (AvgIpc) is 3.10. The third kappa shape index (κ3) is 3.78. The third-order valence-electron chi connectivity index (χ3n) is 7.32. The maximum atomic E-state index is 12.5. The van der Waals surface area contributed by atoms with Crippen LogP contribution in [0.3, 0.4) is 0 Å². The second kappa shape index (κ2) is 7.25. The highest BCUT2D eigenvalue weighted by molar-refractivity contribution is 7.88. The van der Waals surface area contributed by atoms with Crippen LogP contribution in [-0.2, 0) is 20.2 Å². The van der Waals surface area contributed by atoms with Gasteiger partial charge in [-0.15, -0.1) is 0 Å². The zero-order chi connectivity index (χ0) is 20.9. The molecule has 0 atom stereocenters. The summed E-state index contributed by atoms with van der Waals surface area (Å²) in [5, 5.41) is 7.10. The zero-order valence-corrected chi connectivity index (χ0v) is 18.1. The van der Waals surface area contributed by atoms with Crippen LogP contribution >= 0.6 is 0 Å². The lowest BCUT2D eigenvalue weighted by Crippen LogP contribution is -2.51. The quantitative estimate of drug-likeness (QED) is 0.667. The molecule has 2 heterocycles. The molecule has 1 aromatic carbocycles. The number of benzene rings is 1. The van der Waals surface area contributed by atoms with E-state index in [0.717, 1.165) is 29.9 Å². The molecule has 3 aliphatic rings. The smallest absolute Gasteiger partial charge is 0.228 e. The number of rotatable bonds is 5. The molecule has 0 aromatic heterocycles. The van der Waals surface area contributed by atoms with Crippen LogP contribution in [0, 0.1) is 12.3 Å². The molecule has 3 fully saturated rings. The zero-order valence-electron chi connectivity index (χ0n) is 17.3. The Bertz CT molecular complexity index is 893. The highest BCUT2D eigenvalue weighted by Gasteiger charge is 2.46. The molecule has 160 valence electrons. The lowest BCUT2D eigenvalue weighted by atomic mass is 9.65. The van der Waals surface area contributed by atoms with Gasteiger partial charge >= 0.3 is 0 Å². The van der Waals surface area contributed by atoms with Gasteiger partial charge in [-0.25, -0.2) is 12.7 Å². The van der Waals surface area contributed by atoms with Crippen molar-refractivity contribution in [1.29, 1.82) is 0 Å². The largest absolute Gasteiger partial charge is 0.382 e. The lowest BCUT2D eigenvalue weighted by Gasteiger charge is -2.45. The molecule has 29 heavy (non-hydrogen) atoms. The van der Waals surface area contributed by atoms with Crippen molar-refractivity contribution in [2.75, 3.05) is 37.8 Å². The number of aryl methyl sites for hydroxylation is 1. The molecule has 8 heteroatoms. The minimum absolute atomic E-state index is 0.319. The van der Waals surface area contributed by atoms with Gasteiger partial charge in [0.25, 0.3) is 0 Å². The Hall–Kier alpha value is -1.64. The van der Waals surface area contributed by atoms with Gasteiger partial charge in [-0.3, -0.25) is 4.79 Å². The maximum absolute atomic E-state index is 12.5. The summed E-state index contributed by atoms with van der Waals surface area (Å²) in [6, 6.07) is 6.64. The van der Waals surface area contributed by atoms with Gasteiger partial charge in [-0.1, -0.05) is 6.07 Å². The fourth-order valence-corrected chi connectivity index (χ4v) is 6.45. The van der Waals surface area contributed by atoms with Gasteiger partial charge < -0.3 is 16.4 Å². The van der Waals surface area contributed by atoms with Crippen LogP contribution in [0.4, 0.5) is 5.69 Å². The number of nitrogens with two attached hydrogens (primary N) is 1. The van der Waals surface area contributed by atoms with Gasteiger partial charge in [0.05, 0.1) is 11.7 Å². The highest BCUT2D eigenvalue weighted by Crippen LogP contribution is 2.47. The Balaban J connectivity index is 1.48. The normalized spacial score (nSPS) is 29.5. The second-order valence-corrected chi connectivity index (χ2v) is 11.3. The molecule has 1 saturated carbocycles. The first-order valence-electron chi connectivity index (χ1n) is 10.5. The Morgan fingerprint density at radius 2 is 1.93 bits per heavy atom. The minimum atomic E-state index is -3.25. The van der Waals surface area contributed by atoms with E-state index in [9.17, 15) is 13.2 Å². The van der Waals surface area contributed by atoms with Crippen molar-refractivity contribution < 1.29 is 13.2 Å². The van der Waals surface area contributed by atoms with E-state index in [1.165, 1.54) is 29.8 Å². The van der Waals surface area contributed by atoms with E-state index in [0.29, 0.717) is 37.4 Å². The summed E-state index contributed by atoms with van der Waals surface area (Å²) in [6.45, 7) is 4.91. The van der Waals surface area contributed by atoms with Crippen molar-refractivity contribution >= 4 is 21.6 Å². The molecule has 1 aliphatic carbocycles. The van der Waals surface area contributed by atoms with E-state index >= 15 is 0 Å². The van der Waals surface area contributed by atoms with Crippen LogP contribution in [0.25, 0.3) is 0 Å². The molecule has 0 radical (unpaired) electrons. The third-order valence-corrected chi connectivity index (χ3v) is 8.62. The monoisotopic (exact) mass is 420 g/mol. The molecule has 1 amide bonds. The van der Waals surface area contributed by atoms with Crippen LogP contribution in [0.2, 0.25) is 0 Å². The van der Waals surface area contributed by atoms with Crippen molar-refractivity contribution in [3.05, 3.63) is 29.3 Å². The second-order valence-electron chi connectivity index (χ2n) is 9.31. The van der Waals surface area contributed by atoms with Gasteiger partial charge in [-0.05, 0) is 74.2 Å². The number of primary amides is 1. The van der Waals surface area contributed by atoms with Crippen molar-refractivity contribution in [2.24, 2.45) is 11.1 Å². The molecule has 0 bridgehead atoms. The SMILES string of the molecule is Cc1cc(NC2CC3(CCNC3)C2)ccc1C1(C(N)=O)CCN(S(C)(=O)=O)CC1. The van der Waals surface area contributed by atoms with E-state index in [2.05, 4.69) is 16.7 Å². The van der Waals surface area contributed by atoms with E-state index in [-0.39, 0.29) is 5.91 Å². The van der Waals surface area contributed by atoms with E-state index in [1.54, 1.807) is 0 Å². The number of hydrogen-bond acceptors (Lipinski definition) is 5. The number of sulfonamides is 1. The average molecular weight is 421 g/mol. The van der Waals surface area contributed by atoms with E-state index < -0.39 is 15.4 Å². The molecule has 1 spiro atoms. The Morgan fingerprint density at radius 1 is 1.24 bits per heavy atom. The number of carbonyl (C=O) groups excluding carboxylic acids is 1. The Morgan fingerprint density at radius 3 is 2.45 bits per heavy atom. The van der Waals surface area contributed by atoms with Gasteiger partial charge in [0, 0.05) is 31.4 Å². The predicted octanol–water partition coefficient (Wildman–Crippen LogP) is 1.33. The first kappa shape index (κ1) is 20.6. The van der Waals surface area contributed by atoms with E-state index in [4.69, 9.17) is 5.73 Å². The number of piperidine rings is 1. The Kier molecular flexibility index (Phi) is 5.16. The number of amides is 1. The molecule has 1 aromatic rings. The summed E-state index contributed by atoms with van der Waals surface area (Å²) in [4.78, 5) is 12.5. The number of nitrogens with one attached hydrogen (secondary N) is 2. The molecule has 4 N–H and O–H groups in total. The predicted molar refractivity (Wildman–Crippen MR) is 114 cm³/mol. The molecular weight excluding hydrogens is 388 g/mol. The molecule has 4 rings (SSSR count). The van der Waals surface area contributed by atoms with Gasteiger partial charge in [0.2, 0.25) is 15.9 Å². The van der Waals surface area contributed by atoms with E-state index in [1.807, 2.05) is 19.1 Å². The molecule has 2 aliphatic heterocycles. The first-order valence-corrected chi connectivity index (χ1v) is 12.3. The van der Waals surface area contributed by atoms with Crippen molar-refractivity contribution in [3.8, 4) is 0 Å². The Labute approximate surface area is 173 Å². The number of anilines is 1. The lowest BCUT2D eigenvalue weighted by molar-refractivity contribution is -0.125. The van der Waals surface area contributed by atoms with Crippen LogP contribution in [0.5, 0.6) is 0 Å². The summed E-state index contributed by atoms with van der Waals surface area (Å²) >= 11 is 0. The van der Waals surface area contributed by atoms with Gasteiger partial charge in [-0.2, -0.15) is 0 Å². The highest BCUT2D eigenvalue weighted by atomic mass is 32.2. The molecule has 7 nitrogen and oxygen atoms in total. The fourth-order valence-electron chi connectivity index (χ4n) is 5.61. The van der Waals surface area contributed by atoms with Crippen molar-refractivity contribution in [1.82, 2.24) is 9.62 Å². The summed E-state index contributed by atoms with van der Waals surface area (Å²) in [5.41, 5.74) is 8.56. The van der Waals surface area contributed by atoms with Crippen molar-refractivity contribution in [3.63, 3.8) is 0 Å². The summed E-state index contributed by atoms with van der Waals surface area (Å²) in [7, 11) is -3.25. The van der Waals surface area contributed by atoms with Gasteiger partial charge in [0.1, 0.15) is 0 Å². The number of hydrogen-bond donors (Lipinski definition) is 3. The first-order chi connectivity index (χ1) is 13.6. The van der Waals surface area contributed by atoms with Crippen LogP contribution < -0.4 is 16.4 Å². The summed E-state index contributed by atoms with van der Waals surface area (Å²) in [6.07, 6.45) is 5.72. The van der Waals surface area contributed by atoms with Gasteiger partial charge in [0.15, 0.2) is 0 Å². The van der Waals surface area contributed by atoms with Crippen LogP contribution in [-0.4, -0.2) is 57.1 Å². The standard InChI is InChI=1S/C21H32N4O3S/c1-15-11-16(24-17-12-20(13-17)5-8-23-14-20)3-4-18(15)21(19(22)26)6-9-25(10-7-21)29(2,27)28/h3-4,11,17,23-24H,5-10,12-14H2,1-2H3,(H2,22,26). The summed E-state index contributed by atoms with van der Waals surface area (Å²) in [5.74, 6) is -0.371. The van der Waals surface area contributed by atoms with Crippen LogP contribution in [0.1, 0.15) is 43.2 Å². The fraction of sp³-hybridized carbons (Fsp3) is 0.667. The number of nitrogens with zero attached hydrogens (tertiary/aromatic N) is 1. The van der Waals surface area contributed by atoms with Crippen LogP contribution in [0.15, 0.2) is 18.2 Å². The topological polar surface area (TPSA) is 105 Å². The number of carbonyl (C=O) groups is 1. The minimum Gasteiger partial charge on any atom is -0.382 e. The molecule has 2 saturated heterocycles. The molecular formula is C21H32N4O3S. The van der Waals surface area contributed by atoms with Crippen molar-refractivity contribution in [2.45, 2.75) is 50.5 Å². The molecule has 0 unspecified atom stereocenters.